The van der Waals surface area contributed by atoms with Crippen LogP contribution in [0.4, 0.5) is 24.7 Å². The molecule has 0 aliphatic carbocycles. The Hall–Kier alpha value is -3.69. The van der Waals surface area contributed by atoms with Gasteiger partial charge in [0, 0.05) is 36.7 Å². The van der Waals surface area contributed by atoms with Crippen LogP contribution < -0.4 is 15.0 Å². The van der Waals surface area contributed by atoms with E-state index in [1.54, 1.807) is 12.4 Å². The molecule has 3 aromatic rings. The first kappa shape index (κ1) is 21.5. The Kier molecular flexibility index (Phi) is 6.20. The van der Waals surface area contributed by atoms with Crippen LogP contribution in [-0.2, 0) is 4.79 Å². The highest BCUT2D eigenvalue weighted by Crippen LogP contribution is 2.26. The Balaban J connectivity index is 1.36. The fourth-order valence-electron chi connectivity index (χ4n) is 3.55. The average Bonchev–Trinajstić information content (AvgIpc) is 2.80. The predicted molar refractivity (Wildman–Crippen MR) is 112 cm³/mol. The van der Waals surface area contributed by atoms with Crippen LogP contribution in [0.2, 0.25) is 0 Å². The summed E-state index contributed by atoms with van der Waals surface area (Å²) in [6, 6.07) is 12.5. The standard InChI is InChI=1S/C22H20F3N5O2/c23-22(24,25)32-18-5-3-17(4-6-18)27-21(31)16-2-1-13-30(14-16)20-8-7-19(28-29-20)15-9-11-26-12-10-15/h3-12,16H,1-2,13-14H2,(H,27,31). The van der Waals surface area contributed by atoms with Gasteiger partial charge < -0.3 is 15.0 Å². The van der Waals surface area contributed by atoms with Crippen molar-refractivity contribution in [2.75, 3.05) is 23.3 Å². The average molecular weight is 443 g/mol. The Labute approximate surface area is 182 Å². The number of piperidine rings is 1. The maximum Gasteiger partial charge on any atom is 0.573 e. The number of alkyl halides is 3. The lowest BCUT2D eigenvalue weighted by atomic mass is 9.97. The zero-order valence-electron chi connectivity index (χ0n) is 16.9. The van der Waals surface area contributed by atoms with Gasteiger partial charge in [0.2, 0.25) is 5.91 Å². The van der Waals surface area contributed by atoms with E-state index in [1.807, 2.05) is 29.2 Å². The molecule has 1 aromatic carbocycles. The Morgan fingerprint density at radius 1 is 1.03 bits per heavy atom. The third-order valence-corrected chi connectivity index (χ3v) is 5.10. The number of hydrogen-bond donors (Lipinski definition) is 1. The molecule has 0 spiro atoms. The molecule has 0 saturated carbocycles. The molecule has 1 aliphatic rings. The second-order valence-electron chi connectivity index (χ2n) is 7.36. The normalized spacial score (nSPS) is 16.5. The third kappa shape index (κ3) is 5.51. The number of aromatic nitrogens is 3. The number of halogens is 3. The van der Waals surface area contributed by atoms with E-state index in [2.05, 4.69) is 25.2 Å². The van der Waals surface area contributed by atoms with E-state index in [-0.39, 0.29) is 17.6 Å². The van der Waals surface area contributed by atoms with Crippen molar-refractivity contribution in [2.45, 2.75) is 19.2 Å². The van der Waals surface area contributed by atoms with Crippen LogP contribution in [0.1, 0.15) is 12.8 Å². The topological polar surface area (TPSA) is 80.2 Å². The van der Waals surface area contributed by atoms with Crippen molar-refractivity contribution in [2.24, 2.45) is 5.92 Å². The fraction of sp³-hybridized carbons (Fsp3) is 0.273. The summed E-state index contributed by atoms with van der Waals surface area (Å²) >= 11 is 0. The molecule has 1 aliphatic heterocycles. The molecular formula is C22H20F3N5O2. The molecular weight excluding hydrogens is 423 g/mol. The maximum absolute atomic E-state index is 12.7. The van der Waals surface area contributed by atoms with Gasteiger partial charge in [-0.25, -0.2) is 0 Å². The zero-order valence-corrected chi connectivity index (χ0v) is 16.9. The molecule has 166 valence electrons. The molecule has 32 heavy (non-hydrogen) atoms. The molecule has 1 fully saturated rings. The van der Waals surface area contributed by atoms with E-state index in [0.29, 0.717) is 24.5 Å². The molecule has 7 nitrogen and oxygen atoms in total. The number of ether oxygens (including phenoxy) is 1. The molecule has 1 atom stereocenters. The minimum atomic E-state index is -4.75. The van der Waals surface area contributed by atoms with E-state index in [9.17, 15) is 18.0 Å². The number of amides is 1. The summed E-state index contributed by atoms with van der Waals surface area (Å²) in [4.78, 5) is 18.7. The summed E-state index contributed by atoms with van der Waals surface area (Å²) in [5, 5.41) is 11.4. The van der Waals surface area contributed by atoms with Crippen LogP contribution in [0.3, 0.4) is 0 Å². The van der Waals surface area contributed by atoms with Crippen LogP contribution >= 0.6 is 0 Å². The first-order chi connectivity index (χ1) is 15.4. The smallest absolute Gasteiger partial charge is 0.406 e. The van der Waals surface area contributed by atoms with Gasteiger partial charge in [0.25, 0.3) is 0 Å². The van der Waals surface area contributed by atoms with Crippen LogP contribution in [0.15, 0.2) is 60.9 Å². The van der Waals surface area contributed by atoms with Gasteiger partial charge >= 0.3 is 6.36 Å². The highest BCUT2D eigenvalue weighted by Gasteiger charge is 2.31. The lowest BCUT2D eigenvalue weighted by Gasteiger charge is -2.32. The van der Waals surface area contributed by atoms with Crippen molar-refractivity contribution >= 4 is 17.4 Å². The van der Waals surface area contributed by atoms with Gasteiger partial charge in [0.15, 0.2) is 5.82 Å². The fourth-order valence-corrected chi connectivity index (χ4v) is 3.55. The second kappa shape index (κ2) is 9.21. The largest absolute Gasteiger partial charge is 0.573 e. The number of rotatable bonds is 5. The Morgan fingerprint density at radius 2 is 1.78 bits per heavy atom. The van der Waals surface area contributed by atoms with Gasteiger partial charge in [-0.15, -0.1) is 23.4 Å². The van der Waals surface area contributed by atoms with Gasteiger partial charge in [-0.05, 0) is 61.4 Å². The van der Waals surface area contributed by atoms with Crippen LogP contribution in [-0.4, -0.2) is 40.5 Å². The molecule has 2 aromatic heterocycles. The van der Waals surface area contributed by atoms with Gasteiger partial charge in [-0.3, -0.25) is 9.78 Å². The first-order valence-corrected chi connectivity index (χ1v) is 10.0. The minimum absolute atomic E-state index is 0.194. The Morgan fingerprint density at radius 3 is 2.44 bits per heavy atom. The van der Waals surface area contributed by atoms with E-state index in [1.165, 1.54) is 12.1 Å². The van der Waals surface area contributed by atoms with Crippen molar-refractivity contribution in [3.8, 4) is 17.0 Å². The van der Waals surface area contributed by atoms with E-state index in [0.717, 1.165) is 36.4 Å². The van der Waals surface area contributed by atoms with Crippen LogP contribution in [0.5, 0.6) is 5.75 Å². The molecule has 0 radical (unpaired) electrons. The van der Waals surface area contributed by atoms with Gasteiger partial charge in [-0.1, -0.05) is 0 Å². The van der Waals surface area contributed by atoms with Crippen molar-refractivity contribution in [3.63, 3.8) is 0 Å². The summed E-state index contributed by atoms with van der Waals surface area (Å²) in [6.07, 6.45) is 0.144. The summed E-state index contributed by atoms with van der Waals surface area (Å²) in [5.41, 5.74) is 2.06. The number of nitrogens with one attached hydrogen (secondary N) is 1. The van der Waals surface area contributed by atoms with E-state index >= 15 is 0 Å². The molecule has 4 rings (SSSR count). The zero-order chi connectivity index (χ0) is 22.6. The van der Waals surface area contributed by atoms with Gasteiger partial charge in [0.1, 0.15) is 5.75 Å². The minimum Gasteiger partial charge on any atom is -0.406 e. The van der Waals surface area contributed by atoms with Crippen molar-refractivity contribution < 1.29 is 22.7 Å². The van der Waals surface area contributed by atoms with Crippen molar-refractivity contribution in [1.29, 1.82) is 0 Å². The SMILES string of the molecule is O=C(Nc1ccc(OC(F)(F)F)cc1)C1CCCN(c2ccc(-c3ccncc3)nn2)C1. The van der Waals surface area contributed by atoms with E-state index in [4.69, 9.17) is 0 Å². The van der Waals surface area contributed by atoms with Crippen molar-refractivity contribution in [1.82, 2.24) is 15.2 Å². The molecule has 1 N–H and O–H groups in total. The summed E-state index contributed by atoms with van der Waals surface area (Å²) in [6.45, 7) is 1.24. The lowest BCUT2D eigenvalue weighted by Crippen LogP contribution is -2.41. The third-order valence-electron chi connectivity index (χ3n) is 5.10. The predicted octanol–water partition coefficient (Wildman–Crippen LogP) is 4.29. The quantitative estimate of drug-likeness (QED) is 0.634. The lowest BCUT2D eigenvalue weighted by molar-refractivity contribution is -0.274. The molecule has 3 heterocycles. The first-order valence-electron chi connectivity index (χ1n) is 10.0. The number of anilines is 2. The molecule has 10 heteroatoms. The molecule has 1 saturated heterocycles. The van der Waals surface area contributed by atoms with E-state index < -0.39 is 6.36 Å². The number of carbonyl (C=O) groups is 1. The number of hydrogen-bond acceptors (Lipinski definition) is 6. The number of benzene rings is 1. The van der Waals surface area contributed by atoms with Gasteiger partial charge in [-0.2, -0.15) is 0 Å². The molecule has 1 amide bonds. The summed E-state index contributed by atoms with van der Waals surface area (Å²) in [7, 11) is 0. The molecule has 0 bridgehead atoms. The second-order valence-corrected chi connectivity index (χ2v) is 7.36. The highest BCUT2D eigenvalue weighted by molar-refractivity contribution is 5.93. The number of nitrogens with zero attached hydrogens (tertiary/aromatic N) is 4. The van der Waals surface area contributed by atoms with Crippen LogP contribution in [0.25, 0.3) is 11.3 Å². The summed E-state index contributed by atoms with van der Waals surface area (Å²) in [5.74, 6) is -0.126. The van der Waals surface area contributed by atoms with Gasteiger partial charge in [0.05, 0.1) is 11.6 Å². The summed E-state index contributed by atoms with van der Waals surface area (Å²) < 4.78 is 40.7. The maximum atomic E-state index is 12.7. The number of carbonyl (C=O) groups excluding carboxylic acids is 1. The van der Waals surface area contributed by atoms with Crippen molar-refractivity contribution in [3.05, 3.63) is 60.9 Å². The number of pyridine rings is 1. The molecule has 1 unspecified atom stereocenters. The Bertz CT molecular complexity index is 1040. The highest BCUT2D eigenvalue weighted by atomic mass is 19.4. The monoisotopic (exact) mass is 443 g/mol. The van der Waals surface area contributed by atoms with Crippen LogP contribution in [0, 0.1) is 5.92 Å².